The van der Waals surface area contributed by atoms with Crippen LogP contribution >= 0.6 is 0 Å². The normalized spacial score (nSPS) is 11.7. The lowest BCUT2D eigenvalue weighted by molar-refractivity contribution is -0.143. The molecule has 0 spiro atoms. The van der Waals surface area contributed by atoms with Crippen LogP contribution in [0.5, 0.6) is 0 Å². The monoisotopic (exact) mass is 341 g/mol. The van der Waals surface area contributed by atoms with E-state index in [9.17, 15) is 35.5 Å². The lowest BCUT2D eigenvalue weighted by Gasteiger charge is -2.13. The van der Waals surface area contributed by atoms with Gasteiger partial charge in [-0.3, -0.25) is 9.89 Å². The van der Waals surface area contributed by atoms with Crippen LogP contribution in [0.25, 0.3) is 11.3 Å². The first-order chi connectivity index (χ1) is 10.5. The summed E-state index contributed by atoms with van der Waals surface area (Å²) in [6.45, 7) is 1.09. The zero-order valence-electron chi connectivity index (χ0n) is 11.1. The van der Waals surface area contributed by atoms with Crippen molar-refractivity contribution in [3.05, 3.63) is 34.9 Å². The van der Waals surface area contributed by atoms with Crippen LogP contribution in [0.15, 0.2) is 6.07 Å². The number of amides is 1. The summed E-state index contributed by atoms with van der Waals surface area (Å²) < 4.78 is 92.0. The fourth-order valence-electron chi connectivity index (χ4n) is 1.81. The quantitative estimate of drug-likeness (QED) is 0.648. The number of hydrogen-bond acceptors (Lipinski definition) is 2. The highest BCUT2D eigenvalue weighted by atomic mass is 19.4. The second kappa shape index (κ2) is 5.56. The Balaban J connectivity index is 2.65. The standard InChI is InChI=1S/C12H6F7N3O/c1-3(23)20-5-2-4(21-22-5)6-8(13)10(15)7(12(17,18)19)11(16)9(6)14/h2H,1H3,(H2,20,21,22,23). The average Bonchev–Trinajstić information content (AvgIpc) is 2.82. The van der Waals surface area contributed by atoms with Crippen LogP contribution in [0.2, 0.25) is 0 Å². The molecule has 0 bridgehead atoms. The van der Waals surface area contributed by atoms with Crippen molar-refractivity contribution in [2.45, 2.75) is 13.1 Å². The maximum absolute atomic E-state index is 13.8. The van der Waals surface area contributed by atoms with Crippen molar-refractivity contribution in [1.82, 2.24) is 10.2 Å². The molecule has 0 radical (unpaired) electrons. The number of anilines is 1. The molecule has 0 fully saturated rings. The molecular formula is C12H6F7N3O. The summed E-state index contributed by atoms with van der Waals surface area (Å²) in [5, 5.41) is 7.46. The molecule has 4 nitrogen and oxygen atoms in total. The van der Waals surface area contributed by atoms with Gasteiger partial charge in [-0.25, -0.2) is 17.6 Å². The van der Waals surface area contributed by atoms with Crippen LogP contribution in [0, 0.1) is 23.3 Å². The molecule has 1 aromatic heterocycles. The topological polar surface area (TPSA) is 57.8 Å². The van der Waals surface area contributed by atoms with Gasteiger partial charge in [0, 0.05) is 13.0 Å². The van der Waals surface area contributed by atoms with E-state index in [1.165, 1.54) is 0 Å². The smallest absolute Gasteiger partial charge is 0.309 e. The second-order valence-electron chi connectivity index (χ2n) is 4.35. The summed E-state index contributed by atoms with van der Waals surface area (Å²) >= 11 is 0. The third-order valence-electron chi connectivity index (χ3n) is 2.70. The largest absolute Gasteiger partial charge is 0.422 e. The van der Waals surface area contributed by atoms with Crippen LogP contribution in [0.4, 0.5) is 36.6 Å². The molecule has 124 valence electrons. The van der Waals surface area contributed by atoms with Crippen LogP contribution < -0.4 is 5.32 Å². The Bertz CT molecular complexity index is 753. The minimum Gasteiger partial charge on any atom is -0.309 e. The molecule has 0 aliphatic rings. The SMILES string of the molecule is CC(=O)Nc1cc(-c2c(F)c(F)c(C(F)(F)F)c(F)c2F)[nH]n1. The first-order valence-corrected chi connectivity index (χ1v) is 5.80. The van der Waals surface area contributed by atoms with E-state index in [2.05, 4.69) is 10.4 Å². The van der Waals surface area contributed by atoms with Crippen LogP contribution in [-0.2, 0) is 11.0 Å². The molecule has 23 heavy (non-hydrogen) atoms. The maximum atomic E-state index is 13.8. The van der Waals surface area contributed by atoms with E-state index in [0.717, 1.165) is 13.0 Å². The van der Waals surface area contributed by atoms with Gasteiger partial charge in [0.15, 0.2) is 29.1 Å². The predicted octanol–water partition coefficient (Wildman–Crippen LogP) is 3.61. The van der Waals surface area contributed by atoms with Gasteiger partial charge in [-0.2, -0.15) is 18.3 Å². The van der Waals surface area contributed by atoms with Crippen molar-refractivity contribution in [2.75, 3.05) is 5.32 Å². The number of hydrogen-bond donors (Lipinski definition) is 2. The van der Waals surface area contributed by atoms with E-state index < -0.39 is 52.2 Å². The number of benzene rings is 1. The van der Waals surface area contributed by atoms with Gasteiger partial charge in [0.1, 0.15) is 5.56 Å². The molecule has 2 N–H and O–H groups in total. The number of halogens is 7. The van der Waals surface area contributed by atoms with Gasteiger partial charge in [-0.15, -0.1) is 0 Å². The van der Waals surface area contributed by atoms with Crippen molar-refractivity contribution < 1.29 is 35.5 Å². The number of carbonyl (C=O) groups excluding carboxylic acids is 1. The first-order valence-electron chi connectivity index (χ1n) is 5.80. The Morgan fingerprint density at radius 1 is 1.09 bits per heavy atom. The van der Waals surface area contributed by atoms with Gasteiger partial charge in [0.2, 0.25) is 5.91 Å². The summed E-state index contributed by atoms with van der Waals surface area (Å²) in [6, 6.07) is 0.801. The predicted molar refractivity (Wildman–Crippen MR) is 63.2 cm³/mol. The van der Waals surface area contributed by atoms with E-state index in [0.29, 0.717) is 0 Å². The Hall–Kier alpha value is -2.59. The van der Waals surface area contributed by atoms with Gasteiger partial charge in [-0.1, -0.05) is 0 Å². The maximum Gasteiger partial charge on any atom is 0.422 e. The van der Waals surface area contributed by atoms with Crippen LogP contribution in [0.3, 0.4) is 0 Å². The van der Waals surface area contributed by atoms with Crippen LogP contribution in [0.1, 0.15) is 12.5 Å². The van der Waals surface area contributed by atoms with Gasteiger partial charge in [-0.05, 0) is 0 Å². The third-order valence-corrected chi connectivity index (χ3v) is 2.70. The molecule has 0 aliphatic carbocycles. The van der Waals surface area contributed by atoms with Crippen molar-refractivity contribution in [1.29, 1.82) is 0 Å². The highest BCUT2D eigenvalue weighted by Crippen LogP contribution is 2.39. The summed E-state index contributed by atoms with van der Waals surface area (Å²) in [7, 11) is 0. The number of alkyl halides is 3. The molecular weight excluding hydrogens is 335 g/mol. The number of nitrogens with one attached hydrogen (secondary N) is 2. The molecule has 2 aromatic rings. The molecule has 1 heterocycles. The number of nitrogens with zero attached hydrogens (tertiary/aromatic N) is 1. The molecule has 1 aromatic carbocycles. The number of H-pyrrole nitrogens is 1. The van der Waals surface area contributed by atoms with Crippen molar-refractivity contribution in [2.24, 2.45) is 0 Å². The highest BCUT2D eigenvalue weighted by molar-refractivity contribution is 5.88. The zero-order chi connectivity index (χ0) is 17.5. The lowest BCUT2D eigenvalue weighted by atomic mass is 10.0. The Morgan fingerprint density at radius 3 is 2.04 bits per heavy atom. The molecule has 2 rings (SSSR count). The van der Waals surface area contributed by atoms with E-state index >= 15 is 0 Å². The zero-order valence-corrected chi connectivity index (χ0v) is 11.1. The first kappa shape index (κ1) is 16.8. The number of carbonyl (C=O) groups is 1. The van der Waals surface area contributed by atoms with Crippen molar-refractivity contribution in [3.8, 4) is 11.3 Å². The summed E-state index contributed by atoms with van der Waals surface area (Å²) in [6.07, 6.45) is -5.62. The average molecular weight is 341 g/mol. The van der Waals surface area contributed by atoms with Gasteiger partial charge < -0.3 is 5.32 Å². The van der Waals surface area contributed by atoms with Gasteiger partial charge >= 0.3 is 6.18 Å². The Kier molecular flexibility index (Phi) is 4.05. The molecule has 11 heteroatoms. The van der Waals surface area contributed by atoms with E-state index in [4.69, 9.17) is 0 Å². The lowest BCUT2D eigenvalue weighted by Crippen LogP contribution is -2.16. The third kappa shape index (κ3) is 2.98. The fraction of sp³-hybridized carbons (Fsp3) is 0.167. The molecule has 0 aliphatic heterocycles. The van der Waals surface area contributed by atoms with Gasteiger partial charge in [0.05, 0.1) is 11.3 Å². The van der Waals surface area contributed by atoms with E-state index in [-0.39, 0.29) is 5.82 Å². The molecule has 0 saturated carbocycles. The number of aromatic amines is 1. The van der Waals surface area contributed by atoms with E-state index in [1.807, 2.05) is 5.10 Å². The fourth-order valence-corrected chi connectivity index (χ4v) is 1.81. The molecule has 1 amide bonds. The highest BCUT2D eigenvalue weighted by Gasteiger charge is 2.42. The minimum atomic E-state index is -5.62. The molecule has 0 saturated heterocycles. The summed E-state index contributed by atoms with van der Waals surface area (Å²) in [4.78, 5) is 10.8. The summed E-state index contributed by atoms with van der Waals surface area (Å²) in [5.74, 6) is -10.5. The molecule has 0 unspecified atom stereocenters. The summed E-state index contributed by atoms with van der Waals surface area (Å²) in [5.41, 5.74) is -4.73. The molecule has 0 atom stereocenters. The number of rotatable bonds is 2. The van der Waals surface area contributed by atoms with E-state index in [1.54, 1.807) is 0 Å². The number of aromatic nitrogens is 2. The minimum absolute atomic E-state index is 0.244. The van der Waals surface area contributed by atoms with Crippen LogP contribution in [-0.4, -0.2) is 16.1 Å². The Morgan fingerprint density at radius 2 is 1.61 bits per heavy atom. The van der Waals surface area contributed by atoms with Crippen molar-refractivity contribution in [3.63, 3.8) is 0 Å². The Labute approximate surface area is 123 Å². The van der Waals surface area contributed by atoms with Crippen molar-refractivity contribution >= 4 is 11.7 Å². The second-order valence-corrected chi connectivity index (χ2v) is 4.35. The van der Waals surface area contributed by atoms with Gasteiger partial charge in [0.25, 0.3) is 0 Å².